The average Bonchev–Trinajstić information content (AvgIpc) is 3.18. The van der Waals surface area contributed by atoms with Gasteiger partial charge in [0.25, 0.3) is 11.8 Å². The fourth-order valence-corrected chi connectivity index (χ4v) is 4.78. The molecule has 4 aromatic carbocycles. The topological polar surface area (TPSA) is 84.9 Å². The number of nitrogens with one attached hydrogen (secondary N) is 1. The molecule has 39 heavy (non-hydrogen) atoms. The Hall–Kier alpha value is -4.46. The van der Waals surface area contributed by atoms with Crippen LogP contribution in [0.1, 0.15) is 36.6 Å². The summed E-state index contributed by atoms with van der Waals surface area (Å²) < 4.78 is 10.6. The van der Waals surface area contributed by atoms with Crippen molar-refractivity contribution in [2.75, 3.05) is 30.5 Å². The Morgan fingerprint density at radius 3 is 2.44 bits per heavy atom. The van der Waals surface area contributed by atoms with Gasteiger partial charge in [-0.1, -0.05) is 60.1 Å². The summed E-state index contributed by atoms with van der Waals surface area (Å²) in [5.74, 6) is -1.43. The summed E-state index contributed by atoms with van der Waals surface area (Å²) in [5, 5.41) is 3.40. The SMILES string of the molecule is COC(=O)c1cc(NC(=O)c2ccccc2-c2ccccc2)ccc1C(=O)N1CCOCc2cc(Cl)ccc21. The van der Waals surface area contributed by atoms with Crippen molar-refractivity contribution in [2.45, 2.75) is 6.61 Å². The first-order chi connectivity index (χ1) is 19.0. The molecule has 1 heterocycles. The number of benzene rings is 4. The van der Waals surface area contributed by atoms with Crippen LogP contribution in [0.3, 0.4) is 0 Å². The lowest BCUT2D eigenvalue weighted by atomic mass is 9.99. The summed E-state index contributed by atoms with van der Waals surface area (Å²) in [4.78, 5) is 41.4. The standard InChI is InChI=1S/C31H25ClN2O5/c1-38-31(37)27-18-23(33-29(35)25-10-6-5-9-24(25)20-7-3-2-4-8-20)12-13-26(27)30(36)34-15-16-39-19-21-17-22(32)11-14-28(21)34/h2-14,17-18H,15-16,19H2,1H3,(H,33,35). The Balaban J connectivity index is 1.47. The van der Waals surface area contributed by atoms with Crippen molar-refractivity contribution in [3.8, 4) is 11.1 Å². The number of amides is 2. The third kappa shape index (κ3) is 5.55. The fraction of sp³-hybridized carbons (Fsp3) is 0.129. The average molecular weight is 541 g/mol. The number of carbonyl (C=O) groups excluding carboxylic acids is 3. The van der Waals surface area contributed by atoms with Crippen molar-refractivity contribution < 1.29 is 23.9 Å². The molecule has 0 saturated carbocycles. The predicted molar refractivity (Wildman–Crippen MR) is 150 cm³/mol. The molecule has 0 aromatic heterocycles. The lowest BCUT2D eigenvalue weighted by molar-refractivity contribution is 0.0596. The molecule has 0 spiro atoms. The summed E-state index contributed by atoms with van der Waals surface area (Å²) in [6.07, 6.45) is 0. The lowest BCUT2D eigenvalue weighted by Gasteiger charge is -2.23. The second-order valence-corrected chi connectivity index (χ2v) is 9.34. The highest BCUT2D eigenvalue weighted by Crippen LogP contribution is 2.30. The first-order valence-corrected chi connectivity index (χ1v) is 12.7. The number of halogens is 1. The minimum Gasteiger partial charge on any atom is -0.465 e. The van der Waals surface area contributed by atoms with Gasteiger partial charge in [0.15, 0.2) is 0 Å². The van der Waals surface area contributed by atoms with Gasteiger partial charge in [-0.05, 0) is 53.6 Å². The van der Waals surface area contributed by atoms with Gasteiger partial charge in [0, 0.05) is 34.1 Å². The fourth-order valence-electron chi connectivity index (χ4n) is 4.58. The summed E-state index contributed by atoms with van der Waals surface area (Å²) in [5.41, 5.74) is 4.13. The number of esters is 1. The van der Waals surface area contributed by atoms with Crippen LogP contribution in [0, 0.1) is 0 Å². The molecule has 4 aromatic rings. The molecule has 0 atom stereocenters. The molecule has 5 rings (SSSR count). The monoisotopic (exact) mass is 540 g/mol. The number of nitrogens with zero attached hydrogens (tertiary/aromatic N) is 1. The van der Waals surface area contributed by atoms with Crippen LogP contribution in [-0.2, 0) is 16.1 Å². The van der Waals surface area contributed by atoms with Crippen molar-refractivity contribution in [2.24, 2.45) is 0 Å². The molecule has 1 N–H and O–H groups in total. The van der Waals surface area contributed by atoms with E-state index in [1.807, 2.05) is 42.5 Å². The summed E-state index contributed by atoms with van der Waals surface area (Å²) >= 11 is 6.15. The van der Waals surface area contributed by atoms with Crippen molar-refractivity contribution in [1.82, 2.24) is 0 Å². The van der Waals surface area contributed by atoms with Crippen LogP contribution in [0.15, 0.2) is 91.0 Å². The molecule has 7 nitrogen and oxygen atoms in total. The normalized spacial score (nSPS) is 12.7. The van der Waals surface area contributed by atoms with Gasteiger partial charge in [-0.3, -0.25) is 9.59 Å². The maximum absolute atomic E-state index is 13.7. The van der Waals surface area contributed by atoms with Crippen LogP contribution in [0.25, 0.3) is 11.1 Å². The Morgan fingerprint density at radius 1 is 0.872 bits per heavy atom. The third-order valence-corrected chi connectivity index (χ3v) is 6.70. The van der Waals surface area contributed by atoms with E-state index in [0.717, 1.165) is 16.7 Å². The maximum Gasteiger partial charge on any atom is 0.338 e. The van der Waals surface area contributed by atoms with Gasteiger partial charge in [0.05, 0.1) is 31.5 Å². The number of ether oxygens (including phenoxy) is 2. The molecule has 1 aliphatic heterocycles. The predicted octanol–water partition coefficient (Wildman–Crippen LogP) is 6.22. The van der Waals surface area contributed by atoms with Gasteiger partial charge in [-0.15, -0.1) is 0 Å². The van der Waals surface area contributed by atoms with Gasteiger partial charge in [0.1, 0.15) is 0 Å². The molecule has 0 saturated heterocycles. The molecule has 1 aliphatic rings. The van der Waals surface area contributed by atoms with E-state index in [-0.39, 0.29) is 17.0 Å². The Bertz CT molecular complexity index is 1550. The van der Waals surface area contributed by atoms with Gasteiger partial charge in [0.2, 0.25) is 0 Å². The van der Waals surface area contributed by atoms with Gasteiger partial charge in [-0.2, -0.15) is 0 Å². The van der Waals surface area contributed by atoms with Crippen LogP contribution in [0.4, 0.5) is 11.4 Å². The molecule has 0 unspecified atom stereocenters. The van der Waals surface area contributed by atoms with Gasteiger partial charge in [-0.25, -0.2) is 4.79 Å². The second kappa shape index (κ2) is 11.5. The number of carbonyl (C=O) groups is 3. The molecular formula is C31H25ClN2O5. The van der Waals surface area contributed by atoms with E-state index < -0.39 is 11.9 Å². The first-order valence-electron chi connectivity index (χ1n) is 12.3. The maximum atomic E-state index is 13.7. The van der Waals surface area contributed by atoms with Crippen LogP contribution in [0.2, 0.25) is 5.02 Å². The molecule has 8 heteroatoms. The highest BCUT2D eigenvalue weighted by molar-refractivity contribution is 6.30. The minimum absolute atomic E-state index is 0.0392. The number of anilines is 2. The molecule has 2 amide bonds. The minimum atomic E-state index is -0.693. The van der Waals surface area contributed by atoms with Crippen molar-refractivity contribution in [3.05, 3.63) is 118 Å². The van der Waals surface area contributed by atoms with Crippen LogP contribution in [0.5, 0.6) is 0 Å². The number of rotatable bonds is 5. The molecule has 196 valence electrons. The van der Waals surface area contributed by atoms with Gasteiger partial charge < -0.3 is 19.7 Å². The van der Waals surface area contributed by atoms with E-state index in [2.05, 4.69) is 5.32 Å². The zero-order valence-corrected chi connectivity index (χ0v) is 21.9. The van der Waals surface area contributed by atoms with E-state index in [9.17, 15) is 14.4 Å². The molecular weight excluding hydrogens is 516 g/mol. The molecule has 0 radical (unpaired) electrons. The molecule has 0 bridgehead atoms. The number of fused-ring (bicyclic) bond motifs is 1. The number of methoxy groups -OCH3 is 1. The largest absolute Gasteiger partial charge is 0.465 e. The van der Waals surface area contributed by atoms with Crippen LogP contribution < -0.4 is 10.2 Å². The first kappa shape index (κ1) is 26.2. The highest BCUT2D eigenvalue weighted by atomic mass is 35.5. The summed E-state index contributed by atoms with van der Waals surface area (Å²) in [6, 6.07) is 26.7. The number of hydrogen-bond acceptors (Lipinski definition) is 5. The molecule has 0 fully saturated rings. The summed E-state index contributed by atoms with van der Waals surface area (Å²) in [6.45, 7) is 0.933. The smallest absolute Gasteiger partial charge is 0.338 e. The van der Waals surface area contributed by atoms with Gasteiger partial charge >= 0.3 is 5.97 Å². The Morgan fingerprint density at radius 2 is 1.64 bits per heavy atom. The number of hydrogen-bond donors (Lipinski definition) is 1. The second-order valence-electron chi connectivity index (χ2n) is 8.90. The highest BCUT2D eigenvalue weighted by Gasteiger charge is 2.27. The quantitative estimate of drug-likeness (QED) is 0.304. The van der Waals surface area contributed by atoms with E-state index >= 15 is 0 Å². The Labute approximate surface area is 230 Å². The zero-order chi connectivity index (χ0) is 27.4. The summed E-state index contributed by atoms with van der Waals surface area (Å²) in [7, 11) is 1.25. The van der Waals surface area contributed by atoms with Crippen molar-refractivity contribution >= 4 is 40.8 Å². The van der Waals surface area contributed by atoms with Crippen LogP contribution in [-0.4, -0.2) is 38.0 Å². The van der Waals surface area contributed by atoms with Crippen LogP contribution >= 0.6 is 11.6 Å². The van der Waals surface area contributed by atoms with Crippen molar-refractivity contribution in [1.29, 1.82) is 0 Å². The lowest BCUT2D eigenvalue weighted by Crippen LogP contribution is -2.34. The van der Waals surface area contributed by atoms with E-state index in [1.165, 1.54) is 19.2 Å². The zero-order valence-electron chi connectivity index (χ0n) is 21.1. The van der Waals surface area contributed by atoms with Crippen molar-refractivity contribution in [3.63, 3.8) is 0 Å². The van der Waals surface area contributed by atoms with E-state index in [4.69, 9.17) is 21.1 Å². The molecule has 0 aliphatic carbocycles. The third-order valence-electron chi connectivity index (χ3n) is 6.46. The van der Waals surface area contributed by atoms with E-state index in [0.29, 0.717) is 41.7 Å². The van der Waals surface area contributed by atoms with E-state index in [1.54, 1.807) is 41.3 Å². The Kier molecular flexibility index (Phi) is 7.72.